The Morgan fingerprint density at radius 3 is 2.79 bits per heavy atom. The highest BCUT2D eigenvalue weighted by atomic mass is 79.9. The minimum Gasteiger partial charge on any atom is -0.368 e. The number of aromatic nitrogens is 1. The Labute approximate surface area is 115 Å². The first-order valence-electron chi connectivity index (χ1n) is 5.53. The molecule has 0 radical (unpaired) electrons. The van der Waals surface area contributed by atoms with Crippen molar-refractivity contribution in [3.05, 3.63) is 22.3 Å². The van der Waals surface area contributed by atoms with E-state index in [1.807, 2.05) is 0 Å². The van der Waals surface area contributed by atoms with Crippen LogP contribution in [0, 0.1) is 0 Å². The average Bonchev–Trinajstić information content (AvgIpc) is 2.80. The molecule has 8 heteroatoms. The number of nitrogens with zero attached hydrogens (tertiary/aromatic N) is 1. The van der Waals surface area contributed by atoms with Gasteiger partial charge in [-0.3, -0.25) is 4.79 Å². The average molecular weight is 339 g/mol. The van der Waals surface area contributed by atoms with Crippen LogP contribution in [0.5, 0.6) is 0 Å². The molecular formula is C11H10BrF3N2O2. The van der Waals surface area contributed by atoms with Gasteiger partial charge in [0, 0.05) is 6.61 Å². The zero-order valence-electron chi connectivity index (χ0n) is 9.63. The zero-order chi connectivity index (χ0) is 14.0. The summed E-state index contributed by atoms with van der Waals surface area (Å²) in [7, 11) is 0. The molecule has 2 heterocycles. The second-order valence-electron chi connectivity index (χ2n) is 4.05. The number of nitrogens with one attached hydrogen (secondary N) is 1. The number of carbonyl (C=O) groups excluding carboxylic acids is 1. The molecule has 0 aromatic carbocycles. The molecule has 0 aliphatic carbocycles. The summed E-state index contributed by atoms with van der Waals surface area (Å²) in [6, 6.07) is 1.64. The number of rotatable bonds is 2. The summed E-state index contributed by atoms with van der Waals surface area (Å²) in [6.07, 6.45) is -3.78. The van der Waals surface area contributed by atoms with E-state index in [-0.39, 0.29) is 10.4 Å². The van der Waals surface area contributed by atoms with E-state index in [2.05, 4.69) is 26.2 Å². The second kappa shape index (κ2) is 5.46. The van der Waals surface area contributed by atoms with Crippen LogP contribution in [0.3, 0.4) is 0 Å². The van der Waals surface area contributed by atoms with Crippen LogP contribution in [-0.2, 0) is 15.7 Å². The molecule has 1 aliphatic rings. The highest BCUT2D eigenvalue weighted by Crippen LogP contribution is 2.32. The van der Waals surface area contributed by atoms with Crippen LogP contribution >= 0.6 is 15.9 Å². The fraction of sp³-hybridized carbons (Fsp3) is 0.455. The Bertz CT molecular complexity index is 487. The summed E-state index contributed by atoms with van der Waals surface area (Å²) in [6.45, 7) is 0.484. The standard InChI is InChI=1S/C11H10BrF3N2O2/c12-8-4-6(11(13,14)15)5-9(16-8)17-10(18)7-2-1-3-19-7/h4-5,7H,1-3H2,(H,16,17,18). The van der Waals surface area contributed by atoms with Gasteiger partial charge in [0.1, 0.15) is 16.5 Å². The van der Waals surface area contributed by atoms with Crippen molar-refractivity contribution in [2.75, 3.05) is 11.9 Å². The molecule has 1 atom stereocenters. The minimum atomic E-state index is -4.49. The van der Waals surface area contributed by atoms with Gasteiger partial charge in [-0.05, 0) is 40.9 Å². The highest BCUT2D eigenvalue weighted by molar-refractivity contribution is 9.10. The summed E-state index contributed by atoms with van der Waals surface area (Å²) >= 11 is 2.89. The van der Waals surface area contributed by atoms with Gasteiger partial charge in [-0.2, -0.15) is 13.2 Å². The third kappa shape index (κ3) is 3.66. The Morgan fingerprint density at radius 1 is 1.47 bits per heavy atom. The van der Waals surface area contributed by atoms with Crippen LogP contribution in [0.2, 0.25) is 0 Å². The first kappa shape index (κ1) is 14.3. The number of alkyl halides is 3. The molecular weight excluding hydrogens is 329 g/mol. The van der Waals surface area contributed by atoms with Gasteiger partial charge in [0.15, 0.2) is 0 Å². The van der Waals surface area contributed by atoms with E-state index in [9.17, 15) is 18.0 Å². The van der Waals surface area contributed by atoms with Crippen LogP contribution < -0.4 is 5.32 Å². The van der Waals surface area contributed by atoms with E-state index >= 15 is 0 Å². The summed E-state index contributed by atoms with van der Waals surface area (Å²) in [4.78, 5) is 15.5. The lowest BCUT2D eigenvalue weighted by Crippen LogP contribution is -2.27. The molecule has 4 nitrogen and oxygen atoms in total. The second-order valence-corrected chi connectivity index (χ2v) is 4.86. The number of anilines is 1. The number of hydrogen-bond acceptors (Lipinski definition) is 3. The molecule has 0 bridgehead atoms. The van der Waals surface area contributed by atoms with Gasteiger partial charge in [-0.15, -0.1) is 0 Å². The number of amides is 1. The van der Waals surface area contributed by atoms with Gasteiger partial charge in [-0.25, -0.2) is 4.98 Å². The van der Waals surface area contributed by atoms with E-state index in [4.69, 9.17) is 4.74 Å². The third-order valence-corrected chi connectivity index (χ3v) is 3.00. The third-order valence-electron chi connectivity index (χ3n) is 2.59. The summed E-state index contributed by atoms with van der Waals surface area (Å²) in [5.41, 5.74) is -0.878. The maximum atomic E-state index is 12.6. The Kier molecular flexibility index (Phi) is 4.10. The topological polar surface area (TPSA) is 51.2 Å². The summed E-state index contributed by atoms with van der Waals surface area (Å²) in [5, 5.41) is 2.33. The van der Waals surface area contributed by atoms with Crippen molar-refractivity contribution in [1.82, 2.24) is 4.98 Å². The fourth-order valence-electron chi connectivity index (χ4n) is 1.72. The minimum absolute atomic E-state index is 0.00460. The van der Waals surface area contributed by atoms with Crippen LogP contribution in [0.1, 0.15) is 18.4 Å². The Hall–Kier alpha value is -1.15. The van der Waals surface area contributed by atoms with E-state index in [0.29, 0.717) is 13.0 Å². The number of halogens is 4. The van der Waals surface area contributed by atoms with Crippen molar-refractivity contribution < 1.29 is 22.7 Å². The predicted octanol–water partition coefficient (Wildman–Crippen LogP) is 2.98. The molecule has 1 amide bonds. The van der Waals surface area contributed by atoms with Gasteiger partial charge >= 0.3 is 6.18 Å². The lowest BCUT2D eigenvalue weighted by molar-refractivity contribution is -0.137. The molecule has 19 heavy (non-hydrogen) atoms. The largest absolute Gasteiger partial charge is 0.416 e. The monoisotopic (exact) mass is 338 g/mol. The van der Waals surface area contributed by atoms with Crippen molar-refractivity contribution in [3.63, 3.8) is 0 Å². The smallest absolute Gasteiger partial charge is 0.368 e. The first-order chi connectivity index (χ1) is 8.86. The van der Waals surface area contributed by atoms with E-state index in [0.717, 1.165) is 18.6 Å². The van der Waals surface area contributed by atoms with Crippen molar-refractivity contribution in [3.8, 4) is 0 Å². The maximum absolute atomic E-state index is 12.6. The van der Waals surface area contributed by atoms with E-state index < -0.39 is 23.8 Å². The van der Waals surface area contributed by atoms with Crippen LogP contribution in [0.4, 0.5) is 19.0 Å². The molecule has 104 valence electrons. The fourth-order valence-corrected chi connectivity index (χ4v) is 2.15. The molecule has 2 rings (SSSR count). The Balaban J connectivity index is 2.16. The molecule has 1 aliphatic heterocycles. The predicted molar refractivity (Wildman–Crippen MR) is 64.5 cm³/mol. The molecule has 0 saturated carbocycles. The lowest BCUT2D eigenvalue weighted by Gasteiger charge is -2.12. The van der Waals surface area contributed by atoms with Crippen LogP contribution in [0.15, 0.2) is 16.7 Å². The van der Waals surface area contributed by atoms with Crippen LogP contribution in [-0.4, -0.2) is 23.6 Å². The SMILES string of the molecule is O=C(Nc1cc(C(F)(F)F)cc(Br)n1)C1CCCO1. The molecule has 1 saturated heterocycles. The maximum Gasteiger partial charge on any atom is 0.416 e. The number of ether oxygens (including phenoxy) is 1. The summed E-state index contributed by atoms with van der Waals surface area (Å²) < 4.78 is 42.9. The normalized spacial score (nSPS) is 19.5. The molecule has 1 fully saturated rings. The van der Waals surface area contributed by atoms with Crippen LogP contribution in [0.25, 0.3) is 0 Å². The van der Waals surface area contributed by atoms with Gasteiger partial charge in [0.05, 0.1) is 5.56 Å². The number of pyridine rings is 1. The van der Waals surface area contributed by atoms with Crippen molar-refractivity contribution >= 4 is 27.7 Å². The first-order valence-corrected chi connectivity index (χ1v) is 6.33. The summed E-state index contributed by atoms with van der Waals surface area (Å²) in [5.74, 6) is -0.626. The number of carbonyl (C=O) groups is 1. The van der Waals surface area contributed by atoms with E-state index in [1.54, 1.807) is 0 Å². The van der Waals surface area contributed by atoms with Crippen molar-refractivity contribution in [2.24, 2.45) is 0 Å². The molecule has 1 unspecified atom stereocenters. The molecule has 1 aromatic rings. The number of hydrogen-bond donors (Lipinski definition) is 1. The molecule has 1 N–H and O–H groups in total. The Morgan fingerprint density at radius 2 is 2.21 bits per heavy atom. The zero-order valence-corrected chi connectivity index (χ0v) is 11.2. The molecule has 0 spiro atoms. The molecule has 1 aromatic heterocycles. The van der Waals surface area contributed by atoms with Gasteiger partial charge in [-0.1, -0.05) is 0 Å². The van der Waals surface area contributed by atoms with Gasteiger partial charge in [0.25, 0.3) is 5.91 Å². The van der Waals surface area contributed by atoms with Gasteiger partial charge in [0.2, 0.25) is 0 Å². The lowest BCUT2D eigenvalue weighted by atomic mass is 10.2. The van der Waals surface area contributed by atoms with Crippen molar-refractivity contribution in [2.45, 2.75) is 25.1 Å². The highest BCUT2D eigenvalue weighted by Gasteiger charge is 2.32. The quantitative estimate of drug-likeness (QED) is 0.843. The van der Waals surface area contributed by atoms with Gasteiger partial charge < -0.3 is 10.1 Å². The van der Waals surface area contributed by atoms with Crippen molar-refractivity contribution in [1.29, 1.82) is 0 Å². The van der Waals surface area contributed by atoms with E-state index in [1.165, 1.54) is 0 Å².